The van der Waals surface area contributed by atoms with Gasteiger partial charge in [0, 0.05) is 19.8 Å². The highest BCUT2D eigenvalue weighted by atomic mass is 32.1. The van der Waals surface area contributed by atoms with Gasteiger partial charge in [0.25, 0.3) is 0 Å². The Labute approximate surface area is 109 Å². The predicted molar refractivity (Wildman–Crippen MR) is 73.9 cm³/mol. The summed E-state index contributed by atoms with van der Waals surface area (Å²) < 4.78 is 3.05. The van der Waals surface area contributed by atoms with Gasteiger partial charge in [-0.3, -0.25) is 4.68 Å². The predicted octanol–water partition coefficient (Wildman–Crippen LogP) is 2.62. The normalized spacial score (nSPS) is 11.0. The number of aromatic nitrogens is 4. The second-order valence-corrected chi connectivity index (χ2v) is 4.73. The number of thiophene rings is 1. The Hall–Kier alpha value is -1.95. The highest BCUT2D eigenvalue weighted by Gasteiger charge is 2.13. The molecule has 0 radical (unpaired) electrons. The van der Waals surface area contributed by atoms with Gasteiger partial charge in [-0.15, -0.1) is 11.3 Å². The summed E-state index contributed by atoms with van der Waals surface area (Å²) in [5, 5.41) is 9.34. The average Bonchev–Trinajstić information content (AvgIpc) is 3.05. The topological polar surface area (TPSA) is 55.6 Å². The maximum Gasteiger partial charge on any atom is 0.223 e. The summed E-state index contributed by atoms with van der Waals surface area (Å²) in [6, 6.07) is 4.00. The summed E-state index contributed by atoms with van der Waals surface area (Å²) in [5.74, 6) is 0.639. The maximum absolute atomic E-state index is 4.57. The Kier molecular flexibility index (Phi) is 2.71. The van der Waals surface area contributed by atoms with E-state index >= 15 is 0 Å². The zero-order valence-electron chi connectivity index (χ0n) is 10.2. The van der Waals surface area contributed by atoms with Crippen LogP contribution >= 0.6 is 11.3 Å². The number of aryl methyl sites for hydroxylation is 1. The maximum atomic E-state index is 4.57. The van der Waals surface area contributed by atoms with Gasteiger partial charge >= 0.3 is 0 Å². The lowest BCUT2D eigenvalue weighted by Gasteiger charge is -2.07. The molecule has 0 aliphatic rings. The molecule has 0 amide bonds. The van der Waals surface area contributed by atoms with Crippen molar-refractivity contribution in [1.82, 2.24) is 19.7 Å². The summed E-state index contributed by atoms with van der Waals surface area (Å²) >= 11 is 1.66. The molecule has 0 unspecified atom stereocenters. The summed E-state index contributed by atoms with van der Waals surface area (Å²) in [4.78, 5) is 9.01. The van der Waals surface area contributed by atoms with Crippen molar-refractivity contribution in [3.8, 4) is 11.4 Å². The van der Waals surface area contributed by atoms with E-state index in [4.69, 9.17) is 0 Å². The van der Waals surface area contributed by atoms with E-state index in [0.717, 1.165) is 28.1 Å². The minimum Gasteiger partial charge on any atom is -0.357 e. The molecule has 18 heavy (non-hydrogen) atoms. The molecule has 3 aromatic heterocycles. The van der Waals surface area contributed by atoms with Gasteiger partial charge in [0.05, 0.1) is 15.9 Å². The summed E-state index contributed by atoms with van der Waals surface area (Å²) in [5.41, 5.74) is 2.95. The molecule has 0 fully saturated rings. The van der Waals surface area contributed by atoms with Crippen molar-refractivity contribution in [3.05, 3.63) is 23.7 Å². The SMILES string of the molecule is CCn1nccc1-c1nc(NC)nc2ccsc12. The van der Waals surface area contributed by atoms with Gasteiger partial charge in [0.15, 0.2) is 0 Å². The third kappa shape index (κ3) is 1.65. The van der Waals surface area contributed by atoms with E-state index in [1.807, 2.05) is 29.2 Å². The van der Waals surface area contributed by atoms with Gasteiger partial charge < -0.3 is 5.32 Å². The molecule has 0 bridgehead atoms. The van der Waals surface area contributed by atoms with E-state index in [9.17, 15) is 0 Å². The first-order valence-corrected chi connectivity index (χ1v) is 6.66. The number of nitrogens with zero attached hydrogens (tertiary/aromatic N) is 4. The van der Waals surface area contributed by atoms with Crippen LogP contribution in [0.3, 0.4) is 0 Å². The first-order valence-electron chi connectivity index (χ1n) is 5.78. The Morgan fingerprint density at radius 2 is 2.22 bits per heavy atom. The van der Waals surface area contributed by atoms with Crippen LogP contribution in [-0.2, 0) is 6.54 Å². The highest BCUT2D eigenvalue weighted by molar-refractivity contribution is 7.17. The van der Waals surface area contributed by atoms with Crippen molar-refractivity contribution >= 4 is 27.5 Å². The molecule has 5 nitrogen and oxygen atoms in total. The van der Waals surface area contributed by atoms with Crippen LogP contribution in [0, 0.1) is 0 Å². The minimum absolute atomic E-state index is 0.639. The molecule has 3 rings (SSSR count). The molecule has 0 aromatic carbocycles. The van der Waals surface area contributed by atoms with Gasteiger partial charge in [0.2, 0.25) is 5.95 Å². The molecule has 6 heteroatoms. The van der Waals surface area contributed by atoms with Crippen LogP contribution in [0.2, 0.25) is 0 Å². The van der Waals surface area contributed by atoms with E-state index in [-0.39, 0.29) is 0 Å². The first kappa shape index (κ1) is 11.2. The van der Waals surface area contributed by atoms with Crippen LogP contribution < -0.4 is 5.32 Å². The van der Waals surface area contributed by atoms with Gasteiger partial charge in [0.1, 0.15) is 5.69 Å². The fourth-order valence-electron chi connectivity index (χ4n) is 1.93. The number of fused-ring (bicyclic) bond motifs is 1. The molecule has 0 atom stereocenters. The second-order valence-electron chi connectivity index (χ2n) is 3.81. The lowest BCUT2D eigenvalue weighted by Crippen LogP contribution is -2.02. The van der Waals surface area contributed by atoms with Crippen LogP contribution in [0.15, 0.2) is 23.7 Å². The Bertz CT molecular complexity index is 685. The Morgan fingerprint density at radius 1 is 1.33 bits per heavy atom. The number of rotatable bonds is 3. The van der Waals surface area contributed by atoms with Crippen molar-refractivity contribution < 1.29 is 0 Å². The van der Waals surface area contributed by atoms with E-state index in [2.05, 4.69) is 27.3 Å². The van der Waals surface area contributed by atoms with Crippen LogP contribution in [0.25, 0.3) is 21.6 Å². The smallest absolute Gasteiger partial charge is 0.223 e. The monoisotopic (exact) mass is 259 g/mol. The van der Waals surface area contributed by atoms with E-state index in [1.54, 1.807) is 17.5 Å². The minimum atomic E-state index is 0.639. The fraction of sp³-hybridized carbons (Fsp3) is 0.250. The van der Waals surface area contributed by atoms with Crippen molar-refractivity contribution in [2.24, 2.45) is 0 Å². The quantitative estimate of drug-likeness (QED) is 0.785. The van der Waals surface area contributed by atoms with Gasteiger partial charge in [-0.1, -0.05) is 0 Å². The Balaban J connectivity index is 2.30. The van der Waals surface area contributed by atoms with E-state index < -0.39 is 0 Å². The largest absolute Gasteiger partial charge is 0.357 e. The molecular weight excluding hydrogens is 246 g/mol. The summed E-state index contributed by atoms with van der Waals surface area (Å²) in [6.45, 7) is 2.90. The second kappa shape index (κ2) is 4.38. The number of hydrogen-bond acceptors (Lipinski definition) is 5. The zero-order chi connectivity index (χ0) is 12.5. The molecular formula is C12H13N5S. The average molecular weight is 259 g/mol. The molecule has 0 aliphatic carbocycles. The van der Waals surface area contributed by atoms with E-state index in [1.165, 1.54) is 0 Å². The molecule has 3 aromatic rings. The van der Waals surface area contributed by atoms with Crippen molar-refractivity contribution in [2.75, 3.05) is 12.4 Å². The van der Waals surface area contributed by atoms with Crippen molar-refractivity contribution in [2.45, 2.75) is 13.5 Å². The lowest BCUT2D eigenvalue weighted by molar-refractivity contribution is 0.666. The van der Waals surface area contributed by atoms with Crippen LogP contribution in [0.5, 0.6) is 0 Å². The zero-order valence-corrected chi connectivity index (χ0v) is 11.0. The Morgan fingerprint density at radius 3 is 3.00 bits per heavy atom. The van der Waals surface area contributed by atoms with Crippen LogP contribution in [0.1, 0.15) is 6.92 Å². The molecule has 0 saturated carbocycles. The molecule has 1 N–H and O–H groups in total. The number of nitrogens with one attached hydrogen (secondary N) is 1. The van der Waals surface area contributed by atoms with Crippen molar-refractivity contribution in [1.29, 1.82) is 0 Å². The first-order chi connectivity index (χ1) is 8.83. The van der Waals surface area contributed by atoms with Gasteiger partial charge in [-0.25, -0.2) is 9.97 Å². The van der Waals surface area contributed by atoms with Crippen molar-refractivity contribution in [3.63, 3.8) is 0 Å². The standard InChI is InChI=1S/C12H13N5S/c1-3-17-9(4-6-14-17)10-11-8(5-7-18-11)15-12(13-2)16-10/h4-7H,3H2,1-2H3,(H,13,15,16). The molecule has 3 heterocycles. The van der Waals surface area contributed by atoms with Crippen LogP contribution in [-0.4, -0.2) is 26.8 Å². The number of hydrogen-bond donors (Lipinski definition) is 1. The summed E-state index contributed by atoms with van der Waals surface area (Å²) in [7, 11) is 1.83. The number of anilines is 1. The summed E-state index contributed by atoms with van der Waals surface area (Å²) in [6.07, 6.45) is 1.80. The third-order valence-electron chi connectivity index (χ3n) is 2.79. The van der Waals surface area contributed by atoms with E-state index in [0.29, 0.717) is 5.95 Å². The third-order valence-corrected chi connectivity index (χ3v) is 3.70. The van der Waals surface area contributed by atoms with Crippen LogP contribution in [0.4, 0.5) is 5.95 Å². The lowest BCUT2D eigenvalue weighted by atomic mass is 10.2. The molecule has 0 spiro atoms. The molecule has 92 valence electrons. The fourth-order valence-corrected chi connectivity index (χ4v) is 2.76. The molecule has 0 aliphatic heterocycles. The van der Waals surface area contributed by atoms with Gasteiger partial charge in [-0.05, 0) is 24.4 Å². The highest BCUT2D eigenvalue weighted by Crippen LogP contribution is 2.30. The molecule has 0 saturated heterocycles. The van der Waals surface area contributed by atoms with Gasteiger partial charge in [-0.2, -0.15) is 5.10 Å².